The fraction of sp³-hybridized carbons (Fsp3) is 0.562. The maximum atomic E-state index is 12.9. The van der Waals surface area contributed by atoms with Crippen LogP contribution >= 0.6 is 0 Å². The van der Waals surface area contributed by atoms with Gasteiger partial charge in [-0.3, -0.25) is 4.79 Å². The summed E-state index contributed by atoms with van der Waals surface area (Å²) in [5.74, 6) is 0.433. The summed E-state index contributed by atoms with van der Waals surface area (Å²) < 4.78 is 12.9. The van der Waals surface area contributed by atoms with Gasteiger partial charge in [-0.05, 0) is 49.3 Å². The van der Waals surface area contributed by atoms with Crippen molar-refractivity contribution in [3.63, 3.8) is 0 Å². The fourth-order valence-corrected chi connectivity index (χ4v) is 2.96. The van der Waals surface area contributed by atoms with Crippen molar-refractivity contribution in [1.29, 1.82) is 0 Å². The predicted molar refractivity (Wildman–Crippen MR) is 73.4 cm³/mol. The average Bonchev–Trinajstić information content (AvgIpc) is 3.31. The van der Waals surface area contributed by atoms with E-state index in [0.717, 1.165) is 44.3 Å². The van der Waals surface area contributed by atoms with Crippen molar-refractivity contribution < 1.29 is 14.3 Å². The number of halogens is 1. The van der Waals surface area contributed by atoms with Gasteiger partial charge in [0.2, 0.25) is 5.91 Å². The molecule has 0 radical (unpaired) electrons. The molecule has 1 saturated carbocycles. The molecule has 1 atom stereocenters. The van der Waals surface area contributed by atoms with Gasteiger partial charge >= 0.3 is 0 Å². The third-order valence-corrected chi connectivity index (χ3v) is 4.44. The van der Waals surface area contributed by atoms with Gasteiger partial charge in [-0.1, -0.05) is 12.1 Å². The zero-order valence-electron chi connectivity index (χ0n) is 11.5. The molecule has 0 spiro atoms. The highest BCUT2D eigenvalue weighted by atomic mass is 19.1. The number of carbonyl (C=O) groups is 1. The van der Waals surface area contributed by atoms with Crippen LogP contribution in [0.25, 0.3) is 0 Å². The molecule has 1 N–H and O–H groups in total. The molecule has 1 aromatic rings. The summed E-state index contributed by atoms with van der Waals surface area (Å²) >= 11 is 0. The van der Waals surface area contributed by atoms with E-state index < -0.39 is 6.10 Å². The SMILES string of the molecule is O=C(C1CC1)N1CCC(C(O)c2ccc(F)cc2)CC1. The highest BCUT2D eigenvalue weighted by Crippen LogP contribution is 2.35. The number of hydrogen-bond acceptors (Lipinski definition) is 2. The second-order valence-corrected chi connectivity index (χ2v) is 5.93. The average molecular weight is 277 g/mol. The Morgan fingerprint density at radius 2 is 1.75 bits per heavy atom. The molecular formula is C16H20FNO2. The number of benzene rings is 1. The van der Waals surface area contributed by atoms with Crippen LogP contribution in [-0.4, -0.2) is 29.0 Å². The Morgan fingerprint density at radius 1 is 1.15 bits per heavy atom. The number of aliphatic hydroxyl groups is 1. The predicted octanol–water partition coefficient (Wildman–Crippen LogP) is 2.51. The minimum atomic E-state index is -0.561. The number of nitrogens with zero attached hydrogens (tertiary/aromatic N) is 1. The van der Waals surface area contributed by atoms with Crippen LogP contribution in [0.15, 0.2) is 24.3 Å². The Kier molecular flexibility index (Phi) is 3.74. The van der Waals surface area contributed by atoms with E-state index in [9.17, 15) is 14.3 Å². The lowest BCUT2D eigenvalue weighted by Gasteiger charge is -2.34. The van der Waals surface area contributed by atoms with Crippen LogP contribution < -0.4 is 0 Å². The molecular weight excluding hydrogens is 257 g/mol. The van der Waals surface area contributed by atoms with Crippen molar-refractivity contribution >= 4 is 5.91 Å². The quantitative estimate of drug-likeness (QED) is 0.922. The van der Waals surface area contributed by atoms with Gasteiger partial charge in [0, 0.05) is 19.0 Å². The zero-order chi connectivity index (χ0) is 14.1. The molecule has 4 heteroatoms. The Labute approximate surface area is 118 Å². The number of likely N-dealkylation sites (tertiary alicyclic amines) is 1. The molecule has 108 valence electrons. The van der Waals surface area contributed by atoms with Gasteiger partial charge in [-0.2, -0.15) is 0 Å². The van der Waals surface area contributed by atoms with E-state index >= 15 is 0 Å². The Hall–Kier alpha value is -1.42. The van der Waals surface area contributed by atoms with Crippen LogP contribution in [0.2, 0.25) is 0 Å². The topological polar surface area (TPSA) is 40.5 Å². The molecule has 20 heavy (non-hydrogen) atoms. The van der Waals surface area contributed by atoms with E-state index in [1.165, 1.54) is 12.1 Å². The molecule has 1 saturated heterocycles. The third kappa shape index (κ3) is 2.85. The fourth-order valence-electron chi connectivity index (χ4n) is 2.96. The largest absolute Gasteiger partial charge is 0.388 e. The van der Waals surface area contributed by atoms with Gasteiger partial charge in [0.15, 0.2) is 0 Å². The monoisotopic (exact) mass is 277 g/mol. The summed E-state index contributed by atoms with van der Waals surface area (Å²) in [7, 11) is 0. The van der Waals surface area contributed by atoms with Gasteiger partial charge in [0.05, 0.1) is 6.10 Å². The normalized spacial score (nSPS) is 21.8. The van der Waals surface area contributed by atoms with E-state index in [1.54, 1.807) is 12.1 Å². The summed E-state index contributed by atoms with van der Waals surface area (Å²) in [5, 5.41) is 10.4. The number of hydrogen-bond donors (Lipinski definition) is 1. The molecule has 2 aliphatic rings. The lowest BCUT2D eigenvalue weighted by molar-refractivity contribution is -0.134. The number of amides is 1. The lowest BCUT2D eigenvalue weighted by atomic mass is 9.87. The molecule has 3 nitrogen and oxygen atoms in total. The Balaban J connectivity index is 1.57. The van der Waals surface area contributed by atoms with Crippen LogP contribution in [0.1, 0.15) is 37.4 Å². The second-order valence-electron chi connectivity index (χ2n) is 5.93. The molecule has 1 aliphatic carbocycles. The van der Waals surface area contributed by atoms with Gasteiger partial charge in [0.25, 0.3) is 0 Å². The number of aliphatic hydroxyl groups excluding tert-OH is 1. The van der Waals surface area contributed by atoms with E-state index in [-0.39, 0.29) is 17.7 Å². The van der Waals surface area contributed by atoms with Crippen molar-refractivity contribution in [3.8, 4) is 0 Å². The first-order chi connectivity index (χ1) is 9.65. The van der Waals surface area contributed by atoms with Crippen LogP contribution in [-0.2, 0) is 4.79 Å². The van der Waals surface area contributed by atoms with Crippen LogP contribution in [0.4, 0.5) is 4.39 Å². The maximum Gasteiger partial charge on any atom is 0.225 e. The Bertz CT molecular complexity index is 476. The summed E-state index contributed by atoms with van der Waals surface area (Å²) in [6, 6.07) is 6.04. The van der Waals surface area contributed by atoms with Gasteiger partial charge in [-0.25, -0.2) is 4.39 Å². The molecule has 3 rings (SSSR count). The second kappa shape index (κ2) is 5.52. The summed E-state index contributed by atoms with van der Waals surface area (Å²) in [6.45, 7) is 1.47. The summed E-state index contributed by atoms with van der Waals surface area (Å²) in [5.41, 5.74) is 0.762. The van der Waals surface area contributed by atoms with Crippen molar-refractivity contribution in [2.75, 3.05) is 13.1 Å². The molecule has 2 fully saturated rings. The van der Waals surface area contributed by atoms with Crippen LogP contribution in [0.5, 0.6) is 0 Å². The summed E-state index contributed by atoms with van der Waals surface area (Å²) in [6.07, 6.45) is 3.15. The van der Waals surface area contributed by atoms with Crippen LogP contribution in [0.3, 0.4) is 0 Å². The maximum absolute atomic E-state index is 12.9. The molecule has 0 bridgehead atoms. The van der Waals surface area contributed by atoms with Gasteiger partial charge < -0.3 is 10.0 Å². The van der Waals surface area contributed by atoms with Crippen molar-refractivity contribution in [2.45, 2.75) is 31.8 Å². The smallest absolute Gasteiger partial charge is 0.225 e. The Morgan fingerprint density at radius 3 is 2.30 bits per heavy atom. The first kappa shape index (κ1) is 13.6. The van der Waals surface area contributed by atoms with Crippen molar-refractivity contribution in [3.05, 3.63) is 35.6 Å². The van der Waals surface area contributed by atoms with Crippen LogP contribution in [0, 0.1) is 17.7 Å². The van der Waals surface area contributed by atoms with Gasteiger partial charge in [-0.15, -0.1) is 0 Å². The first-order valence-electron chi connectivity index (χ1n) is 7.37. The highest BCUT2D eigenvalue weighted by molar-refractivity contribution is 5.81. The minimum Gasteiger partial charge on any atom is -0.388 e. The number of carbonyl (C=O) groups excluding carboxylic acids is 1. The molecule has 0 aromatic heterocycles. The molecule has 1 aliphatic heterocycles. The lowest BCUT2D eigenvalue weighted by Crippen LogP contribution is -2.40. The van der Waals surface area contributed by atoms with Crippen molar-refractivity contribution in [2.24, 2.45) is 11.8 Å². The molecule has 1 unspecified atom stereocenters. The number of rotatable bonds is 3. The molecule has 1 aromatic carbocycles. The van der Waals surface area contributed by atoms with E-state index in [0.29, 0.717) is 5.91 Å². The zero-order valence-corrected chi connectivity index (χ0v) is 11.5. The number of piperidine rings is 1. The van der Waals surface area contributed by atoms with E-state index in [1.807, 2.05) is 4.90 Å². The van der Waals surface area contributed by atoms with Gasteiger partial charge in [0.1, 0.15) is 5.82 Å². The standard InChI is InChI=1S/C16H20FNO2/c17-14-5-3-11(4-6-14)15(19)12-7-9-18(10-8-12)16(20)13-1-2-13/h3-6,12-13,15,19H,1-2,7-10H2. The van der Waals surface area contributed by atoms with E-state index in [4.69, 9.17) is 0 Å². The summed E-state index contributed by atoms with van der Waals surface area (Å²) in [4.78, 5) is 13.9. The molecule has 1 heterocycles. The van der Waals surface area contributed by atoms with E-state index in [2.05, 4.69) is 0 Å². The minimum absolute atomic E-state index is 0.156. The molecule has 1 amide bonds. The van der Waals surface area contributed by atoms with Crippen molar-refractivity contribution in [1.82, 2.24) is 4.90 Å². The highest BCUT2D eigenvalue weighted by Gasteiger charge is 2.36. The first-order valence-corrected chi connectivity index (χ1v) is 7.37. The third-order valence-electron chi connectivity index (χ3n) is 4.44.